The molecule has 2 N–H and O–H groups in total. The van der Waals surface area contributed by atoms with E-state index in [1.807, 2.05) is 24.1 Å². The molecular formula is C25H30F3N7O5. The molecule has 40 heavy (non-hydrogen) atoms. The highest BCUT2D eigenvalue weighted by Crippen LogP contribution is 2.38. The molecule has 1 unspecified atom stereocenters. The fourth-order valence-corrected chi connectivity index (χ4v) is 4.81. The summed E-state index contributed by atoms with van der Waals surface area (Å²) in [6.45, 7) is 6.38. The molecule has 5 heterocycles. The topological polar surface area (TPSA) is 131 Å². The number of pyridine rings is 1. The fourth-order valence-electron chi connectivity index (χ4n) is 4.81. The van der Waals surface area contributed by atoms with Gasteiger partial charge >= 0.3 is 12.2 Å². The number of hydrogen-bond acceptors (Lipinski definition) is 9. The van der Waals surface area contributed by atoms with E-state index < -0.39 is 29.9 Å². The van der Waals surface area contributed by atoms with Gasteiger partial charge in [-0.25, -0.2) is 19.7 Å². The summed E-state index contributed by atoms with van der Waals surface area (Å²) in [7, 11) is 0. The SMILES string of the molecule is CC(NC(=O)c1ccc2c(n1)N(C(=O)Nc1cnc(OC[C@H]3COC(C)(C)O3)cn1)[C@H]1CCCN2C1)C(F)(F)F. The van der Waals surface area contributed by atoms with Crippen molar-refractivity contribution in [3.8, 4) is 5.88 Å². The largest absolute Gasteiger partial charge is 0.474 e. The summed E-state index contributed by atoms with van der Waals surface area (Å²) in [5.41, 5.74) is 0.387. The van der Waals surface area contributed by atoms with E-state index in [-0.39, 0.29) is 42.0 Å². The third-order valence-electron chi connectivity index (χ3n) is 6.82. The zero-order valence-corrected chi connectivity index (χ0v) is 22.2. The second-order valence-corrected chi connectivity index (χ2v) is 10.3. The number of halogens is 3. The summed E-state index contributed by atoms with van der Waals surface area (Å²) >= 11 is 0. The van der Waals surface area contributed by atoms with Crippen molar-refractivity contribution in [2.24, 2.45) is 0 Å². The van der Waals surface area contributed by atoms with Gasteiger partial charge in [0.1, 0.15) is 24.4 Å². The van der Waals surface area contributed by atoms with Gasteiger partial charge in [-0.3, -0.25) is 15.0 Å². The van der Waals surface area contributed by atoms with Crippen molar-refractivity contribution in [2.75, 3.05) is 41.4 Å². The Morgan fingerprint density at radius 1 is 1.25 bits per heavy atom. The average molecular weight is 566 g/mol. The summed E-state index contributed by atoms with van der Waals surface area (Å²) in [5.74, 6) is -1.07. The van der Waals surface area contributed by atoms with Crippen LogP contribution in [0.2, 0.25) is 0 Å². The number of alkyl halides is 3. The van der Waals surface area contributed by atoms with E-state index in [2.05, 4.69) is 20.3 Å². The fraction of sp³-hybridized carbons (Fsp3) is 0.560. The highest BCUT2D eigenvalue weighted by Gasteiger charge is 2.40. The Balaban J connectivity index is 1.29. The predicted molar refractivity (Wildman–Crippen MR) is 136 cm³/mol. The third-order valence-corrected chi connectivity index (χ3v) is 6.82. The molecular weight excluding hydrogens is 535 g/mol. The van der Waals surface area contributed by atoms with Crippen LogP contribution >= 0.6 is 0 Å². The first-order valence-corrected chi connectivity index (χ1v) is 12.9. The maximum Gasteiger partial charge on any atom is 0.408 e. The van der Waals surface area contributed by atoms with Crippen molar-refractivity contribution in [2.45, 2.75) is 63.8 Å². The second-order valence-electron chi connectivity index (χ2n) is 10.3. The number of urea groups is 1. The Hall–Kier alpha value is -3.72. The minimum Gasteiger partial charge on any atom is -0.474 e. The van der Waals surface area contributed by atoms with Crippen molar-refractivity contribution in [1.29, 1.82) is 0 Å². The van der Waals surface area contributed by atoms with Crippen molar-refractivity contribution in [1.82, 2.24) is 20.3 Å². The summed E-state index contributed by atoms with van der Waals surface area (Å²) in [4.78, 5) is 42.2. The molecule has 3 atom stereocenters. The van der Waals surface area contributed by atoms with Gasteiger partial charge in [0.05, 0.1) is 30.7 Å². The van der Waals surface area contributed by atoms with Crippen LogP contribution < -0.4 is 25.2 Å². The van der Waals surface area contributed by atoms with Crippen molar-refractivity contribution in [3.63, 3.8) is 0 Å². The zero-order chi connectivity index (χ0) is 28.7. The maximum absolute atomic E-state index is 13.4. The van der Waals surface area contributed by atoms with Crippen LogP contribution in [0.3, 0.4) is 0 Å². The Kier molecular flexibility index (Phi) is 7.44. The summed E-state index contributed by atoms with van der Waals surface area (Å²) in [6, 6.07) is 0.0919. The molecule has 0 saturated carbocycles. The van der Waals surface area contributed by atoms with Gasteiger partial charge < -0.3 is 24.4 Å². The Morgan fingerprint density at radius 2 is 2.05 bits per heavy atom. The average Bonchev–Trinajstić information content (AvgIpc) is 3.26. The molecule has 15 heteroatoms. The minimum atomic E-state index is -4.60. The van der Waals surface area contributed by atoms with Crippen LogP contribution in [-0.4, -0.2) is 83.3 Å². The Bertz CT molecular complexity index is 1260. The van der Waals surface area contributed by atoms with Gasteiger partial charge in [-0.05, 0) is 45.7 Å². The van der Waals surface area contributed by atoms with Gasteiger partial charge in [0.15, 0.2) is 17.4 Å². The molecule has 2 aromatic rings. The van der Waals surface area contributed by atoms with E-state index >= 15 is 0 Å². The summed E-state index contributed by atoms with van der Waals surface area (Å²) in [6.07, 6.45) is -0.618. The van der Waals surface area contributed by atoms with Crippen LogP contribution in [-0.2, 0) is 9.47 Å². The normalized spacial score (nSPS) is 22.4. The molecule has 2 aromatic heterocycles. The molecule has 0 spiro atoms. The van der Waals surface area contributed by atoms with E-state index in [0.717, 1.165) is 19.9 Å². The van der Waals surface area contributed by atoms with Gasteiger partial charge in [-0.1, -0.05) is 0 Å². The van der Waals surface area contributed by atoms with Gasteiger partial charge in [0, 0.05) is 13.1 Å². The van der Waals surface area contributed by atoms with Gasteiger partial charge in [0.25, 0.3) is 5.91 Å². The zero-order valence-electron chi connectivity index (χ0n) is 22.2. The third kappa shape index (κ3) is 6.04. The lowest BCUT2D eigenvalue weighted by Crippen LogP contribution is -2.56. The molecule has 0 aromatic carbocycles. The van der Waals surface area contributed by atoms with Gasteiger partial charge in [-0.15, -0.1) is 0 Å². The number of carbonyl (C=O) groups is 2. The molecule has 12 nitrogen and oxygen atoms in total. The number of fused-ring (bicyclic) bond motifs is 4. The molecule has 3 amide bonds. The van der Waals surface area contributed by atoms with Crippen LogP contribution in [0.25, 0.3) is 0 Å². The van der Waals surface area contributed by atoms with E-state index in [1.54, 1.807) is 6.07 Å². The highest BCUT2D eigenvalue weighted by atomic mass is 19.4. The van der Waals surface area contributed by atoms with Crippen LogP contribution in [0, 0.1) is 0 Å². The molecule has 3 aliphatic rings. The van der Waals surface area contributed by atoms with Crippen LogP contribution in [0.5, 0.6) is 5.88 Å². The standard InChI is InChI=1S/C25H30F3N7O5/c1-14(25(26,27)28)31-22(36)17-6-7-18-21(32-17)35(15-5-4-8-34(18)11-15)23(37)33-19-9-30-20(10-29-19)38-12-16-13-39-24(2,3)40-16/h6-7,9-10,14-16H,4-5,8,11-13H2,1-3H3,(H,31,36)(H,29,33,37)/t14?,15-,16-/m0/s1. The van der Waals surface area contributed by atoms with Gasteiger partial charge in [-0.2, -0.15) is 13.2 Å². The van der Waals surface area contributed by atoms with E-state index in [1.165, 1.54) is 23.4 Å². The lowest BCUT2D eigenvalue weighted by molar-refractivity contribution is -0.149. The number of anilines is 3. The number of ether oxygens (including phenoxy) is 3. The number of aromatic nitrogens is 3. The number of nitrogens with one attached hydrogen (secondary N) is 2. The molecule has 2 fully saturated rings. The smallest absolute Gasteiger partial charge is 0.408 e. The first-order valence-electron chi connectivity index (χ1n) is 12.9. The number of carbonyl (C=O) groups excluding carboxylic acids is 2. The van der Waals surface area contributed by atoms with Crippen LogP contribution in [0.4, 0.5) is 35.3 Å². The minimum absolute atomic E-state index is 0.159. The maximum atomic E-state index is 13.4. The monoisotopic (exact) mass is 565 g/mol. The predicted octanol–water partition coefficient (Wildman–Crippen LogP) is 3.10. The van der Waals surface area contributed by atoms with E-state index in [0.29, 0.717) is 25.3 Å². The molecule has 216 valence electrons. The number of piperidine rings is 1. The molecule has 2 bridgehead atoms. The van der Waals surface area contributed by atoms with Crippen molar-refractivity contribution in [3.05, 3.63) is 30.2 Å². The highest BCUT2D eigenvalue weighted by molar-refractivity contribution is 6.04. The number of hydrogen-bond donors (Lipinski definition) is 2. The van der Waals surface area contributed by atoms with E-state index in [4.69, 9.17) is 14.2 Å². The molecule has 5 rings (SSSR count). The molecule has 0 aliphatic carbocycles. The van der Waals surface area contributed by atoms with Crippen molar-refractivity contribution >= 4 is 29.3 Å². The molecule has 2 saturated heterocycles. The van der Waals surface area contributed by atoms with Crippen molar-refractivity contribution < 1.29 is 37.0 Å². The lowest BCUT2D eigenvalue weighted by atomic mass is 10.00. The number of amides is 3. The lowest BCUT2D eigenvalue weighted by Gasteiger charge is -2.45. The number of rotatable bonds is 6. The Labute approximate surface area is 228 Å². The second kappa shape index (κ2) is 10.7. The van der Waals surface area contributed by atoms with E-state index in [9.17, 15) is 22.8 Å². The number of nitrogens with zero attached hydrogens (tertiary/aromatic N) is 5. The molecule has 3 aliphatic heterocycles. The quantitative estimate of drug-likeness (QED) is 0.543. The van der Waals surface area contributed by atoms with Crippen LogP contribution in [0.1, 0.15) is 44.1 Å². The first kappa shape index (κ1) is 27.8. The summed E-state index contributed by atoms with van der Waals surface area (Å²) in [5, 5.41) is 4.61. The first-order chi connectivity index (χ1) is 18.9. The summed E-state index contributed by atoms with van der Waals surface area (Å²) < 4.78 is 55.7. The van der Waals surface area contributed by atoms with Crippen LogP contribution in [0.15, 0.2) is 24.5 Å². The Morgan fingerprint density at radius 3 is 2.73 bits per heavy atom. The van der Waals surface area contributed by atoms with Gasteiger partial charge in [0.2, 0.25) is 5.88 Å². The molecule has 0 radical (unpaired) electrons.